The highest BCUT2D eigenvalue weighted by molar-refractivity contribution is 14.1. The van der Waals surface area contributed by atoms with Crippen molar-refractivity contribution in [1.29, 1.82) is 0 Å². The quantitative estimate of drug-likeness (QED) is 0.230. The number of ketones is 1. The van der Waals surface area contributed by atoms with Gasteiger partial charge in [-0.1, -0.05) is 42.5 Å². The first-order chi connectivity index (χ1) is 13.4. The molecule has 0 atom stereocenters. The summed E-state index contributed by atoms with van der Waals surface area (Å²) in [6.45, 7) is 0. The maximum absolute atomic E-state index is 13.1. The molecule has 3 aromatic rings. The maximum atomic E-state index is 13.1. The third-order valence-corrected chi connectivity index (χ3v) is 5.70. The van der Waals surface area contributed by atoms with Crippen molar-refractivity contribution in [2.75, 3.05) is 12.2 Å². The normalized spacial score (nSPS) is 10.5. The van der Waals surface area contributed by atoms with Crippen molar-refractivity contribution in [1.82, 2.24) is 0 Å². The van der Waals surface area contributed by atoms with E-state index in [2.05, 4.69) is 45.2 Å². The van der Waals surface area contributed by atoms with E-state index in [4.69, 9.17) is 4.84 Å². The van der Waals surface area contributed by atoms with Crippen molar-refractivity contribution in [2.45, 2.75) is 0 Å². The highest BCUT2D eigenvalue weighted by atomic mass is 127. The summed E-state index contributed by atoms with van der Waals surface area (Å²) in [7, 11) is 1.51. The van der Waals surface area contributed by atoms with Crippen LogP contribution in [0.1, 0.15) is 26.3 Å². The van der Waals surface area contributed by atoms with Gasteiger partial charge in [-0.25, -0.2) is 9.86 Å². The fourth-order valence-electron chi connectivity index (χ4n) is 2.78. The third kappa shape index (κ3) is 4.20. The minimum atomic E-state index is -0.994. The Morgan fingerprint density at radius 3 is 2.04 bits per heavy atom. The summed E-state index contributed by atoms with van der Waals surface area (Å²) in [6.07, 6.45) is 0. The lowest BCUT2D eigenvalue weighted by molar-refractivity contribution is 0.0696. The molecule has 0 spiro atoms. The van der Waals surface area contributed by atoms with Gasteiger partial charge in [-0.15, -0.1) is 0 Å². The van der Waals surface area contributed by atoms with Crippen molar-refractivity contribution >= 4 is 68.3 Å². The van der Waals surface area contributed by atoms with Crippen LogP contribution in [-0.2, 0) is 4.84 Å². The molecule has 0 amide bonds. The smallest absolute Gasteiger partial charge is 0.335 e. The monoisotopic (exact) mass is 599 g/mol. The summed E-state index contributed by atoms with van der Waals surface area (Å²) in [5, 5.41) is 10.8. The number of nitrogens with zero attached hydrogens (tertiary/aromatic N) is 1. The van der Waals surface area contributed by atoms with Crippen LogP contribution in [0.25, 0.3) is 0 Å². The second-order valence-electron chi connectivity index (χ2n) is 5.78. The van der Waals surface area contributed by atoms with Crippen LogP contribution in [0.5, 0.6) is 0 Å². The third-order valence-electron chi connectivity index (χ3n) is 4.05. The lowest BCUT2D eigenvalue weighted by Gasteiger charge is -2.26. The number of benzene rings is 3. The Morgan fingerprint density at radius 2 is 1.46 bits per heavy atom. The van der Waals surface area contributed by atoms with E-state index in [0.29, 0.717) is 29.6 Å². The van der Waals surface area contributed by atoms with Crippen LogP contribution in [0, 0.1) is 7.14 Å². The molecule has 28 heavy (non-hydrogen) atoms. The molecule has 0 bridgehead atoms. The standard InChI is InChI=1S/C21H15I2NO4/c1-28-24(19-16(22)11-14(21(26)27)12-17(19)23)18-10-6-5-9-15(18)20(25)13-7-3-2-4-8-13/h2-12H,1H3,(H,26,27). The molecule has 0 aliphatic heterocycles. The molecule has 0 saturated carbocycles. The molecule has 3 aromatic carbocycles. The van der Waals surface area contributed by atoms with E-state index in [-0.39, 0.29) is 11.3 Å². The second kappa shape index (κ2) is 9.01. The highest BCUT2D eigenvalue weighted by Gasteiger charge is 2.23. The number of halogens is 2. The van der Waals surface area contributed by atoms with E-state index in [9.17, 15) is 14.7 Å². The molecule has 0 fully saturated rings. The van der Waals surface area contributed by atoms with Crippen LogP contribution in [0.15, 0.2) is 66.7 Å². The van der Waals surface area contributed by atoms with Gasteiger partial charge >= 0.3 is 5.97 Å². The molecule has 0 saturated heterocycles. The molecule has 3 rings (SSSR count). The summed E-state index contributed by atoms with van der Waals surface area (Å²) in [5.74, 6) is -1.11. The van der Waals surface area contributed by atoms with Crippen LogP contribution in [-0.4, -0.2) is 24.0 Å². The maximum Gasteiger partial charge on any atom is 0.335 e. The van der Waals surface area contributed by atoms with E-state index in [1.165, 1.54) is 7.11 Å². The first kappa shape index (κ1) is 20.7. The molecule has 0 unspecified atom stereocenters. The molecule has 5 nitrogen and oxygen atoms in total. The van der Waals surface area contributed by atoms with Gasteiger partial charge in [0, 0.05) is 18.3 Å². The average molecular weight is 599 g/mol. The number of hydrogen-bond donors (Lipinski definition) is 1. The fraction of sp³-hybridized carbons (Fsp3) is 0.0476. The minimum Gasteiger partial charge on any atom is -0.478 e. The van der Waals surface area contributed by atoms with Crippen molar-refractivity contribution in [3.63, 3.8) is 0 Å². The van der Waals surface area contributed by atoms with E-state index in [1.54, 1.807) is 47.5 Å². The predicted octanol–water partition coefficient (Wildman–Crippen LogP) is 5.52. The predicted molar refractivity (Wildman–Crippen MR) is 124 cm³/mol. The van der Waals surface area contributed by atoms with E-state index >= 15 is 0 Å². The molecule has 0 radical (unpaired) electrons. The number of para-hydroxylation sites is 1. The van der Waals surface area contributed by atoms with Crippen LogP contribution in [0.2, 0.25) is 0 Å². The zero-order valence-electron chi connectivity index (χ0n) is 14.7. The zero-order valence-corrected chi connectivity index (χ0v) is 19.0. The van der Waals surface area contributed by atoms with E-state index < -0.39 is 5.97 Å². The van der Waals surface area contributed by atoms with Gasteiger partial charge in [0.2, 0.25) is 0 Å². The van der Waals surface area contributed by atoms with Crippen molar-refractivity contribution in [3.8, 4) is 0 Å². The SMILES string of the molecule is CON(c1ccccc1C(=O)c1ccccc1)c1c(I)cc(C(=O)O)cc1I. The largest absolute Gasteiger partial charge is 0.478 e. The number of carbonyl (C=O) groups excluding carboxylic acids is 1. The van der Waals surface area contributed by atoms with Gasteiger partial charge in [-0.2, -0.15) is 0 Å². The van der Waals surface area contributed by atoms with Gasteiger partial charge in [0.15, 0.2) is 5.78 Å². The topological polar surface area (TPSA) is 66.8 Å². The zero-order chi connectivity index (χ0) is 20.3. The first-order valence-electron chi connectivity index (χ1n) is 8.19. The Balaban J connectivity index is 2.13. The van der Waals surface area contributed by atoms with Crippen LogP contribution in [0.3, 0.4) is 0 Å². The fourth-order valence-corrected chi connectivity index (χ4v) is 4.99. The Hall–Kier alpha value is -1.98. The molecule has 142 valence electrons. The molecule has 0 heterocycles. The van der Waals surface area contributed by atoms with Crippen LogP contribution < -0.4 is 5.06 Å². The molecule has 0 aliphatic carbocycles. The molecule has 0 aromatic heterocycles. The number of rotatable bonds is 6. The molecule has 7 heteroatoms. The van der Waals surface area contributed by atoms with E-state index in [1.807, 2.05) is 24.3 Å². The average Bonchev–Trinajstić information content (AvgIpc) is 2.70. The van der Waals surface area contributed by atoms with Crippen molar-refractivity contribution < 1.29 is 19.5 Å². The minimum absolute atomic E-state index is 0.120. The number of carboxylic acids is 1. The number of aromatic carboxylic acids is 1. The lowest BCUT2D eigenvalue weighted by atomic mass is 10.0. The number of carboxylic acid groups (broad SMARTS) is 1. The molecule has 1 N–H and O–H groups in total. The number of hydrogen-bond acceptors (Lipinski definition) is 4. The lowest BCUT2D eigenvalue weighted by Crippen LogP contribution is -2.21. The van der Waals surface area contributed by atoms with Crippen LogP contribution >= 0.6 is 45.2 Å². The first-order valence-corrected chi connectivity index (χ1v) is 10.3. The van der Waals surface area contributed by atoms with Crippen molar-refractivity contribution in [3.05, 3.63) is 90.6 Å². The van der Waals surface area contributed by atoms with Gasteiger partial charge in [-0.05, 0) is 69.4 Å². The number of anilines is 2. The van der Waals surface area contributed by atoms with Crippen LogP contribution in [0.4, 0.5) is 11.4 Å². The van der Waals surface area contributed by atoms with Crippen molar-refractivity contribution in [2.24, 2.45) is 0 Å². The second-order valence-corrected chi connectivity index (χ2v) is 8.11. The van der Waals surface area contributed by atoms with Gasteiger partial charge in [-0.3, -0.25) is 9.63 Å². The summed E-state index contributed by atoms with van der Waals surface area (Å²) in [6, 6.07) is 19.4. The summed E-state index contributed by atoms with van der Waals surface area (Å²) >= 11 is 4.15. The Bertz CT molecular complexity index is 1010. The van der Waals surface area contributed by atoms with Gasteiger partial charge in [0.05, 0.1) is 24.0 Å². The van der Waals surface area contributed by atoms with Gasteiger partial charge in [0.25, 0.3) is 0 Å². The number of carbonyl (C=O) groups is 2. The Morgan fingerprint density at radius 1 is 0.893 bits per heavy atom. The summed E-state index contributed by atoms with van der Waals surface area (Å²) in [5.41, 5.74) is 2.53. The van der Waals surface area contributed by atoms with Gasteiger partial charge in [0.1, 0.15) is 0 Å². The molecule has 0 aliphatic rings. The summed E-state index contributed by atoms with van der Waals surface area (Å²) < 4.78 is 1.40. The Kier molecular flexibility index (Phi) is 6.68. The molecular formula is C21H15I2NO4. The highest BCUT2D eigenvalue weighted by Crippen LogP contribution is 2.37. The molecular weight excluding hydrogens is 584 g/mol. The van der Waals surface area contributed by atoms with Gasteiger partial charge < -0.3 is 5.11 Å². The Labute approximate surface area is 189 Å². The van der Waals surface area contributed by atoms with E-state index in [0.717, 1.165) is 0 Å². The summed E-state index contributed by atoms with van der Waals surface area (Å²) in [4.78, 5) is 30.0.